The van der Waals surface area contributed by atoms with Crippen LogP contribution >= 0.6 is 23.2 Å². The maximum atomic E-state index is 10.1. The van der Waals surface area contributed by atoms with Gasteiger partial charge in [-0.3, -0.25) is 0 Å². The summed E-state index contributed by atoms with van der Waals surface area (Å²) in [6.07, 6.45) is 5.39. The van der Waals surface area contributed by atoms with Crippen molar-refractivity contribution >= 4 is 28.9 Å². The first-order valence-corrected chi connectivity index (χ1v) is 8.63. The van der Waals surface area contributed by atoms with E-state index in [4.69, 9.17) is 27.9 Å². The van der Waals surface area contributed by atoms with Gasteiger partial charge in [0, 0.05) is 27.2 Å². The SMILES string of the molecule is COc1ccc(C2Nc3cc(Cl)cc(Cl)c3C3C=CCC32)cc1O. The first-order valence-electron chi connectivity index (χ1n) is 7.87. The Morgan fingerprint density at radius 3 is 2.79 bits per heavy atom. The normalized spacial score (nSPS) is 24.2. The summed E-state index contributed by atoms with van der Waals surface area (Å²) in [7, 11) is 1.55. The van der Waals surface area contributed by atoms with E-state index in [9.17, 15) is 5.11 Å². The van der Waals surface area contributed by atoms with Gasteiger partial charge >= 0.3 is 0 Å². The molecule has 3 atom stereocenters. The molecule has 0 fully saturated rings. The number of halogens is 2. The summed E-state index contributed by atoms with van der Waals surface area (Å²) in [5.74, 6) is 1.22. The fourth-order valence-electron chi connectivity index (χ4n) is 3.87. The summed E-state index contributed by atoms with van der Waals surface area (Å²) >= 11 is 12.6. The Kier molecular flexibility index (Phi) is 3.86. The number of phenols is 1. The number of rotatable bonds is 2. The van der Waals surface area contributed by atoms with Crippen LogP contribution in [-0.2, 0) is 0 Å². The number of allylic oxidation sites excluding steroid dienone is 2. The molecule has 1 aliphatic carbocycles. The quantitative estimate of drug-likeness (QED) is 0.690. The van der Waals surface area contributed by atoms with Crippen molar-refractivity contribution in [3.05, 3.63) is 63.7 Å². The molecular formula is C19H17Cl2NO2. The molecule has 0 amide bonds. The Labute approximate surface area is 150 Å². The zero-order valence-electron chi connectivity index (χ0n) is 13.1. The van der Waals surface area contributed by atoms with Gasteiger partial charge in [0.2, 0.25) is 0 Å². The van der Waals surface area contributed by atoms with Crippen LogP contribution in [0.5, 0.6) is 11.5 Å². The number of aromatic hydroxyl groups is 1. The number of nitrogens with one attached hydrogen (secondary N) is 1. The Hall–Kier alpha value is -1.84. The highest BCUT2D eigenvalue weighted by molar-refractivity contribution is 6.35. The third-order valence-corrected chi connectivity index (χ3v) is 5.47. The Morgan fingerprint density at radius 1 is 1.21 bits per heavy atom. The Bertz CT molecular complexity index is 834. The van der Waals surface area contributed by atoms with Crippen LogP contribution in [-0.4, -0.2) is 12.2 Å². The number of methoxy groups -OCH3 is 1. The fraction of sp³-hybridized carbons (Fsp3) is 0.263. The molecule has 1 aliphatic heterocycles. The van der Waals surface area contributed by atoms with Crippen LogP contribution in [0.4, 0.5) is 5.69 Å². The average Bonchev–Trinajstić information content (AvgIpc) is 3.02. The van der Waals surface area contributed by atoms with Gasteiger partial charge in [-0.15, -0.1) is 0 Å². The van der Waals surface area contributed by atoms with Crippen molar-refractivity contribution in [1.29, 1.82) is 0 Å². The van der Waals surface area contributed by atoms with Crippen molar-refractivity contribution in [1.82, 2.24) is 0 Å². The number of benzene rings is 2. The van der Waals surface area contributed by atoms with Gasteiger partial charge in [-0.2, -0.15) is 0 Å². The van der Waals surface area contributed by atoms with Crippen molar-refractivity contribution in [3.8, 4) is 11.5 Å². The van der Waals surface area contributed by atoms with Gasteiger partial charge < -0.3 is 15.2 Å². The van der Waals surface area contributed by atoms with Gasteiger partial charge in [-0.05, 0) is 42.2 Å². The molecule has 0 spiro atoms. The van der Waals surface area contributed by atoms with Crippen molar-refractivity contribution in [2.24, 2.45) is 5.92 Å². The number of anilines is 1. The molecule has 2 aliphatic rings. The summed E-state index contributed by atoms with van der Waals surface area (Å²) < 4.78 is 5.14. The van der Waals surface area contributed by atoms with E-state index in [1.54, 1.807) is 25.3 Å². The highest BCUT2D eigenvalue weighted by Gasteiger charge is 2.39. The van der Waals surface area contributed by atoms with Crippen LogP contribution in [0.15, 0.2) is 42.5 Å². The minimum Gasteiger partial charge on any atom is -0.504 e. The zero-order chi connectivity index (χ0) is 16.8. The minimum absolute atomic E-state index is 0.0730. The standard InChI is InChI=1S/C19H17Cl2NO2/c1-24-17-6-5-10(7-16(17)23)19-13-4-2-3-12(13)18-14(21)8-11(20)9-15(18)22-19/h2-3,5-9,12-13,19,22-23H,4H2,1H3. The number of hydrogen-bond donors (Lipinski definition) is 2. The summed E-state index contributed by atoms with van der Waals surface area (Å²) in [6, 6.07) is 9.34. The number of ether oxygens (including phenoxy) is 1. The monoisotopic (exact) mass is 361 g/mol. The smallest absolute Gasteiger partial charge is 0.160 e. The highest BCUT2D eigenvalue weighted by Crippen LogP contribution is 2.52. The average molecular weight is 362 g/mol. The molecule has 124 valence electrons. The first-order chi connectivity index (χ1) is 11.6. The van der Waals surface area contributed by atoms with Gasteiger partial charge in [-0.1, -0.05) is 41.4 Å². The van der Waals surface area contributed by atoms with Crippen LogP contribution in [0, 0.1) is 5.92 Å². The van der Waals surface area contributed by atoms with E-state index in [-0.39, 0.29) is 17.7 Å². The maximum Gasteiger partial charge on any atom is 0.160 e. The molecule has 2 aromatic carbocycles. The van der Waals surface area contributed by atoms with Gasteiger partial charge in [0.05, 0.1) is 13.2 Å². The second-order valence-corrected chi connectivity index (χ2v) is 7.10. The van der Waals surface area contributed by atoms with E-state index in [2.05, 4.69) is 17.5 Å². The number of phenolic OH excluding ortho intramolecular Hbond substituents is 1. The maximum absolute atomic E-state index is 10.1. The van der Waals surface area contributed by atoms with E-state index in [0.29, 0.717) is 21.7 Å². The van der Waals surface area contributed by atoms with Crippen molar-refractivity contribution < 1.29 is 9.84 Å². The third-order valence-electron chi connectivity index (χ3n) is 4.94. The molecule has 24 heavy (non-hydrogen) atoms. The van der Waals surface area contributed by atoms with Gasteiger partial charge in [0.25, 0.3) is 0 Å². The van der Waals surface area contributed by atoms with Crippen LogP contribution < -0.4 is 10.1 Å². The predicted molar refractivity (Wildman–Crippen MR) is 97.5 cm³/mol. The lowest BCUT2D eigenvalue weighted by Gasteiger charge is -2.38. The van der Waals surface area contributed by atoms with Crippen molar-refractivity contribution in [2.45, 2.75) is 18.4 Å². The molecule has 0 saturated heterocycles. The van der Waals surface area contributed by atoms with E-state index in [0.717, 1.165) is 23.2 Å². The van der Waals surface area contributed by atoms with E-state index >= 15 is 0 Å². The summed E-state index contributed by atoms with van der Waals surface area (Å²) in [5, 5.41) is 15.0. The summed E-state index contributed by atoms with van der Waals surface area (Å²) in [4.78, 5) is 0. The second kappa shape index (κ2) is 5.91. The van der Waals surface area contributed by atoms with Crippen LogP contribution in [0.3, 0.4) is 0 Å². The largest absolute Gasteiger partial charge is 0.504 e. The topological polar surface area (TPSA) is 41.5 Å². The molecule has 0 saturated carbocycles. The molecule has 3 unspecified atom stereocenters. The Morgan fingerprint density at radius 2 is 2.04 bits per heavy atom. The van der Waals surface area contributed by atoms with Crippen LogP contribution in [0.2, 0.25) is 10.0 Å². The van der Waals surface area contributed by atoms with Crippen LogP contribution in [0.25, 0.3) is 0 Å². The Balaban J connectivity index is 1.79. The molecule has 2 N–H and O–H groups in total. The van der Waals surface area contributed by atoms with Crippen LogP contribution in [0.1, 0.15) is 29.5 Å². The van der Waals surface area contributed by atoms with E-state index in [1.165, 1.54) is 0 Å². The number of hydrogen-bond acceptors (Lipinski definition) is 3. The molecule has 5 heteroatoms. The molecule has 3 nitrogen and oxygen atoms in total. The zero-order valence-corrected chi connectivity index (χ0v) is 14.6. The third kappa shape index (κ3) is 2.43. The summed E-state index contributed by atoms with van der Waals surface area (Å²) in [5.41, 5.74) is 3.09. The lowest BCUT2D eigenvalue weighted by atomic mass is 9.77. The second-order valence-electron chi connectivity index (χ2n) is 6.26. The van der Waals surface area contributed by atoms with Crippen molar-refractivity contribution in [3.63, 3.8) is 0 Å². The molecule has 4 rings (SSSR count). The predicted octanol–water partition coefficient (Wildman–Crippen LogP) is 5.53. The minimum atomic E-state index is 0.0730. The molecule has 2 aromatic rings. The lowest BCUT2D eigenvalue weighted by molar-refractivity contribution is 0.371. The molecule has 1 heterocycles. The van der Waals surface area contributed by atoms with Gasteiger partial charge in [-0.25, -0.2) is 0 Å². The number of fused-ring (bicyclic) bond motifs is 3. The van der Waals surface area contributed by atoms with Gasteiger partial charge in [0.15, 0.2) is 11.5 Å². The van der Waals surface area contributed by atoms with E-state index < -0.39 is 0 Å². The van der Waals surface area contributed by atoms with E-state index in [1.807, 2.05) is 12.1 Å². The molecule has 0 radical (unpaired) electrons. The molecule has 0 aromatic heterocycles. The van der Waals surface area contributed by atoms with Gasteiger partial charge in [0.1, 0.15) is 0 Å². The van der Waals surface area contributed by atoms with Crippen molar-refractivity contribution in [2.75, 3.05) is 12.4 Å². The molecule has 0 bridgehead atoms. The lowest BCUT2D eigenvalue weighted by Crippen LogP contribution is -2.29. The fourth-order valence-corrected chi connectivity index (χ4v) is 4.49. The molecular weight excluding hydrogens is 345 g/mol. The first kappa shape index (κ1) is 15.7. The summed E-state index contributed by atoms with van der Waals surface area (Å²) in [6.45, 7) is 0. The highest BCUT2D eigenvalue weighted by atomic mass is 35.5.